The van der Waals surface area contributed by atoms with Crippen LogP contribution in [0.1, 0.15) is 6.42 Å². The molecule has 0 aliphatic heterocycles. The van der Waals surface area contributed by atoms with Crippen LogP contribution in [0.3, 0.4) is 0 Å². The molecule has 0 saturated carbocycles. The Morgan fingerprint density at radius 2 is 2.00 bits per heavy atom. The number of carboxylic acids is 1. The van der Waals surface area contributed by atoms with Gasteiger partial charge in [-0.3, -0.25) is 14.8 Å². The van der Waals surface area contributed by atoms with Gasteiger partial charge >= 0.3 is 5.97 Å². The minimum absolute atomic E-state index is 0.0391. The highest BCUT2D eigenvalue weighted by Gasteiger charge is 2.14. The predicted molar refractivity (Wildman–Crippen MR) is 61.0 cm³/mol. The Balaban J connectivity index is 2.73. The number of nitrogens with zero attached hydrogens (tertiary/aromatic N) is 2. The van der Waals surface area contributed by atoms with Crippen LogP contribution in [0.2, 0.25) is 0 Å². The van der Waals surface area contributed by atoms with Crippen molar-refractivity contribution in [2.45, 2.75) is 11.3 Å². The number of carboxylic acid groups (broad SMARTS) is 1. The van der Waals surface area contributed by atoms with E-state index < -0.39 is 16.1 Å². The quantitative estimate of drug-likeness (QED) is 0.307. The molecule has 0 fully saturated rings. The summed E-state index contributed by atoms with van der Waals surface area (Å²) in [7, 11) is -4.37. The van der Waals surface area contributed by atoms with Gasteiger partial charge in [0, 0.05) is 6.54 Å². The Morgan fingerprint density at radius 1 is 1.33 bits per heavy atom. The van der Waals surface area contributed by atoms with Gasteiger partial charge in [-0.2, -0.15) is 8.42 Å². The van der Waals surface area contributed by atoms with Crippen LogP contribution < -0.4 is 5.43 Å². The molecule has 0 spiro atoms. The molecule has 0 amide bonds. The second kappa shape index (κ2) is 6.07. The molecule has 0 aliphatic carbocycles. The highest BCUT2D eigenvalue weighted by molar-refractivity contribution is 7.86. The van der Waals surface area contributed by atoms with E-state index in [0.717, 1.165) is 0 Å². The number of hydrogen-bond donors (Lipinski definition) is 3. The van der Waals surface area contributed by atoms with E-state index in [9.17, 15) is 13.2 Å². The van der Waals surface area contributed by atoms with Crippen molar-refractivity contribution in [3.63, 3.8) is 0 Å². The van der Waals surface area contributed by atoms with E-state index >= 15 is 0 Å². The van der Waals surface area contributed by atoms with Crippen molar-refractivity contribution in [1.29, 1.82) is 0 Å². The van der Waals surface area contributed by atoms with Crippen LogP contribution in [-0.4, -0.2) is 30.6 Å². The lowest BCUT2D eigenvalue weighted by molar-refractivity contribution is -0.136. The maximum absolute atomic E-state index is 11.0. The fourth-order valence-electron chi connectivity index (χ4n) is 1.06. The van der Waals surface area contributed by atoms with Crippen molar-refractivity contribution in [2.75, 3.05) is 6.54 Å². The zero-order chi connectivity index (χ0) is 13.6. The maximum Gasteiger partial charge on any atom is 0.305 e. The molecule has 0 aromatic heterocycles. The first kappa shape index (κ1) is 14.1. The van der Waals surface area contributed by atoms with E-state index in [1.807, 2.05) is 0 Å². The van der Waals surface area contributed by atoms with E-state index in [0.29, 0.717) is 0 Å². The summed E-state index contributed by atoms with van der Waals surface area (Å²) in [6.07, 6.45) is -0.140. The van der Waals surface area contributed by atoms with Crippen LogP contribution in [0, 0.1) is 0 Å². The second-order valence-electron chi connectivity index (χ2n) is 3.19. The summed E-state index contributed by atoms with van der Waals surface area (Å²) < 4.78 is 30.9. The van der Waals surface area contributed by atoms with Crippen molar-refractivity contribution in [2.24, 2.45) is 10.3 Å². The van der Waals surface area contributed by atoms with Gasteiger partial charge in [0.15, 0.2) is 0 Å². The molecule has 0 heterocycles. The minimum Gasteiger partial charge on any atom is -0.481 e. The molecule has 1 rings (SSSR count). The number of benzene rings is 1. The Morgan fingerprint density at radius 3 is 2.61 bits per heavy atom. The van der Waals surface area contributed by atoms with E-state index in [-0.39, 0.29) is 23.5 Å². The SMILES string of the molecule is O=C(O)CCNN=Nc1ccccc1S(=O)(=O)O. The summed E-state index contributed by atoms with van der Waals surface area (Å²) >= 11 is 0. The van der Waals surface area contributed by atoms with Gasteiger partial charge in [0.2, 0.25) is 0 Å². The third-order valence-corrected chi connectivity index (χ3v) is 2.72. The third kappa shape index (κ3) is 4.47. The van der Waals surface area contributed by atoms with Crippen LogP contribution in [0.15, 0.2) is 39.5 Å². The van der Waals surface area contributed by atoms with Crippen molar-refractivity contribution in [1.82, 2.24) is 5.43 Å². The molecule has 0 radical (unpaired) electrons. The molecule has 0 atom stereocenters. The Bertz CT molecular complexity index is 555. The largest absolute Gasteiger partial charge is 0.481 e. The van der Waals surface area contributed by atoms with E-state index in [1.54, 1.807) is 0 Å². The van der Waals surface area contributed by atoms with Gasteiger partial charge in [-0.25, -0.2) is 0 Å². The van der Waals surface area contributed by atoms with E-state index in [4.69, 9.17) is 9.66 Å². The summed E-state index contributed by atoms with van der Waals surface area (Å²) in [5.74, 6) is -0.990. The number of carbonyl (C=O) groups is 1. The maximum atomic E-state index is 11.0. The summed E-state index contributed by atoms with van der Waals surface area (Å²) in [5, 5.41) is 15.3. The van der Waals surface area contributed by atoms with E-state index in [1.165, 1.54) is 24.3 Å². The average Bonchev–Trinajstić information content (AvgIpc) is 2.27. The summed E-state index contributed by atoms with van der Waals surface area (Å²) in [4.78, 5) is 9.83. The molecule has 0 aliphatic rings. The second-order valence-corrected chi connectivity index (χ2v) is 4.58. The van der Waals surface area contributed by atoms with Crippen LogP contribution in [0.5, 0.6) is 0 Å². The lowest BCUT2D eigenvalue weighted by Crippen LogP contribution is -2.11. The molecule has 3 N–H and O–H groups in total. The van der Waals surface area contributed by atoms with Crippen molar-refractivity contribution in [3.8, 4) is 0 Å². The molecule has 9 heteroatoms. The topological polar surface area (TPSA) is 128 Å². The molecular weight excluding hydrogens is 262 g/mol. The smallest absolute Gasteiger partial charge is 0.305 e. The molecular formula is C9H11N3O5S. The molecule has 0 saturated heterocycles. The van der Waals surface area contributed by atoms with Gasteiger partial charge in [-0.1, -0.05) is 17.4 Å². The average molecular weight is 273 g/mol. The molecule has 0 unspecified atom stereocenters. The Hall–Kier alpha value is -2.00. The van der Waals surface area contributed by atoms with Crippen molar-refractivity contribution in [3.05, 3.63) is 24.3 Å². The van der Waals surface area contributed by atoms with Gasteiger partial charge in [0.05, 0.1) is 6.42 Å². The molecule has 1 aromatic rings. The van der Waals surface area contributed by atoms with Gasteiger partial charge in [0.25, 0.3) is 10.1 Å². The number of aliphatic carboxylic acids is 1. The number of hydrogen-bond acceptors (Lipinski definition) is 5. The summed E-state index contributed by atoms with van der Waals surface area (Å²) in [5.41, 5.74) is 2.31. The van der Waals surface area contributed by atoms with E-state index in [2.05, 4.69) is 15.8 Å². The first-order valence-electron chi connectivity index (χ1n) is 4.83. The monoisotopic (exact) mass is 273 g/mol. The first-order chi connectivity index (χ1) is 8.41. The predicted octanol–water partition coefficient (Wildman–Crippen LogP) is 0.996. The molecule has 8 nitrogen and oxygen atoms in total. The highest BCUT2D eigenvalue weighted by atomic mass is 32.2. The Kier molecular flexibility index (Phi) is 4.75. The van der Waals surface area contributed by atoms with Crippen molar-refractivity contribution >= 4 is 21.8 Å². The van der Waals surface area contributed by atoms with Crippen LogP contribution in [-0.2, 0) is 14.9 Å². The van der Waals surface area contributed by atoms with Gasteiger partial charge in [-0.05, 0) is 12.1 Å². The summed E-state index contributed by atoms with van der Waals surface area (Å²) in [6, 6.07) is 5.49. The molecule has 0 bridgehead atoms. The van der Waals surface area contributed by atoms with Crippen LogP contribution >= 0.6 is 0 Å². The highest BCUT2D eigenvalue weighted by Crippen LogP contribution is 2.23. The molecule has 18 heavy (non-hydrogen) atoms. The normalized spacial score (nSPS) is 11.6. The van der Waals surface area contributed by atoms with Gasteiger partial charge in [0.1, 0.15) is 10.6 Å². The lowest BCUT2D eigenvalue weighted by Gasteiger charge is -2.00. The third-order valence-electron chi connectivity index (χ3n) is 1.82. The molecule has 1 aromatic carbocycles. The van der Waals surface area contributed by atoms with Crippen molar-refractivity contribution < 1.29 is 22.9 Å². The van der Waals surface area contributed by atoms with Gasteiger partial charge < -0.3 is 5.11 Å². The lowest BCUT2D eigenvalue weighted by atomic mass is 10.3. The fraction of sp³-hybridized carbons (Fsp3) is 0.222. The minimum atomic E-state index is -4.37. The standard InChI is InChI=1S/C9H11N3O5S/c13-9(14)5-6-10-12-11-7-3-1-2-4-8(7)18(15,16)17/h1-4H,5-6H2,(H,10,11)(H,13,14)(H,15,16,17). The zero-order valence-corrected chi connectivity index (χ0v) is 9.96. The number of nitrogens with one attached hydrogen (secondary N) is 1. The van der Waals surface area contributed by atoms with Crippen LogP contribution in [0.25, 0.3) is 0 Å². The van der Waals surface area contributed by atoms with Gasteiger partial charge in [-0.15, -0.1) is 5.11 Å². The number of rotatable bonds is 6. The van der Waals surface area contributed by atoms with Crippen LogP contribution in [0.4, 0.5) is 5.69 Å². The zero-order valence-electron chi connectivity index (χ0n) is 9.15. The molecule has 98 valence electrons. The first-order valence-corrected chi connectivity index (χ1v) is 6.27. The Labute approximate surface area is 103 Å². The summed E-state index contributed by atoms with van der Waals surface area (Å²) in [6.45, 7) is 0.0624. The fourth-order valence-corrected chi connectivity index (χ4v) is 1.68.